The lowest BCUT2D eigenvalue weighted by molar-refractivity contribution is 0.127. The molecule has 3 rings (SSSR count). The number of halogens is 2. The van der Waals surface area contributed by atoms with Gasteiger partial charge in [0.25, 0.3) is 0 Å². The standard InChI is InChI=1S/C25H29F2N3O/c1-4-24(25-22(26)7-6-8-23(25)27)29-20-11-9-18(10-12-20)21-13-14-30(16-19(21)15-28)17(3)31-5-2/h4,6-12,29H,3,5,13-16,28H2,1-2H3/b24-4+. The van der Waals surface area contributed by atoms with Crippen molar-refractivity contribution >= 4 is 17.0 Å². The zero-order valence-electron chi connectivity index (χ0n) is 18.1. The van der Waals surface area contributed by atoms with Gasteiger partial charge in [0, 0.05) is 31.0 Å². The van der Waals surface area contributed by atoms with Crippen LogP contribution in [-0.4, -0.2) is 31.1 Å². The summed E-state index contributed by atoms with van der Waals surface area (Å²) in [7, 11) is 0. The van der Waals surface area contributed by atoms with E-state index in [0.717, 1.165) is 29.8 Å². The van der Waals surface area contributed by atoms with E-state index in [1.807, 2.05) is 31.2 Å². The topological polar surface area (TPSA) is 50.5 Å². The Morgan fingerprint density at radius 3 is 2.45 bits per heavy atom. The minimum absolute atomic E-state index is 0.0656. The van der Waals surface area contributed by atoms with Gasteiger partial charge in [-0.3, -0.25) is 0 Å². The van der Waals surface area contributed by atoms with Crippen molar-refractivity contribution in [3.05, 3.63) is 89.3 Å². The summed E-state index contributed by atoms with van der Waals surface area (Å²) in [6.07, 6.45) is 2.50. The van der Waals surface area contributed by atoms with Gasteiger partial charge in [0.05, 0.1) is 12.2 Å². The molecular formula is C25H29F2N3O. The van der Waals surface area contributed by atoms with Gasteiger partial charge in [0.15, 0.2) is 5.88 Å². The lowest BCUT2D eigenvalue weighted by atomic mass is 9.93. The second-order valence-electron chi connectivity index (χ2n) is 7.29. The molecule has 31 heavy (non-hydrogen) atoms. The van der Waals surface area contributed by atoms with Crippen molar-refractivity contribution in [3.8, 4) is 0 Å². The Morgan fingerprint density at radius 1 is 1.19 bits per heavy atom. The minimum atomic E-state index is -0.602. The number of nitrogens with one attached hydrogen (secondary N) is 1. The first-order valence-electron chi connectivity index (χ1n) is 10.4. The highest BCUT2D eigenvalue weighted by Crippen LogP contribution is 2.30. The van der Waals surface area contributed by atoms with Gasteiger partial charge >= 0.3 is 0 Å². The molecule has 1 aliphatic heterocycles. The van der Waals surface area contributed by atoms with Gasteiger partial charge in [-0.15, -0.1) is 0 Å². The molecule has 0 unspecified atom stereocenters. The average molecular weight is 426 g/mol. The van der Waals surface area contributed by atoms with Crippen molar-refractivity contribution < 1.29 is 13.5 Å². The molecule has 0 bridgehead atoms. The van der Waals surface area contributed by atoms with Crippen molar-refractivity contribution in [1.29, 1.82) is 0 Å². The molecule has 2 aromatic carbocycles. The van der Waals surface area contributed by atoms with Crippen LogP contribution < -0.4 is 11.1 Å². The van der Waals surface area contributed by atoms with E-state index < -0.39 is 11.6 Å². The summed E-state index contributed by atoms with van der Waals surface area (Å²) in [6.45, 7) is 10.2. The van der Waals surface area contributed by atoms with Crippen molar-refractivity contribution in [3.63, 3.8) is 0 Å². The van der Waals surface area contributed by atoms with E-state index in [1.165, 1.54) is 23.8 Å². The van der Waals surface area contributed by atoms with E-state index in [-0.39, 0.29) is 5.56 Å². The van der Waals surface area contributed by atoms with Gasteiger partial charge in [-0.05, 0) is 67.8 Å². The maximum atomic E-state index is 14.2. The molecule has 6 heteroatoms. The quantitative estimate of drug-likeness (QED) is 0.559. The number of ether oxygens (including phenoxy) is 1. The number of rotatable bonds is 8. The molecule has 0 atom stereocenters. The molecule has 0 saturated carbocycles. The predicted molar refractivity (Wildman–Crippen MR) is 123 cm³/mol. The molecule has 1 heterocycles. The number of hydrogen-bond donors (Lipinski definition) is 2. The normalized spacial score (nSPS) is 14.6. The second-order valence-corrected chi connectivity index (χ2v) is 7.29. The Kier molecular flexibility index (Phi) is 7.47. The molecule has 0 saturated heterocycles. The van der Waals surface area contributed by atoms with Gasteiger partial charge < -0.3 is 20.7 Å². The van der Waals surface area contributed by atoms with E-state index in [2.05, 4.69) is 16.8 Å². The van der Waals surface area contributed by atoms with Crippen molar-refractivity contribution in [1.82, 2.24) is 4.90 Å². The summed E-state index contributed by atoms with van der Waals surface area (Å²) in [5.74, 6) is -0.531. The predicted octanol–water partition coefficient (Wildman–Crippen LogP) is 5.36. The van der Waals surface area contributed by atoms with E-state index in [9.17, 15) is 8.78 Å². The number of hydrogen-bond acceptors (Lipinski definition) is 4. The smallest absolute Gasteiger partial charge is 0.182 e. The summed E-state index contributed by atoms with van der Waals surface area (Å²) in [5.41, 5.74) is 10.6. The first-order valence-corrected chi connectivity index (χ1v) is 10.4. The Balaban J connectivity index is 1.79. The van der Waals surface area contributed by atoms with Crippen LogP contribution in [-0.2, 0) is 4.74 Å². The fourth-order valence-corrected chi connectivity index (χ4v) is 3.78. The van der Waals surface area contributed by atoms with Crippen LogP contribution in [0.3, 0.4) is 0 Å². The average Bonchev–Trinajstić information content (AvgIpc) is 2.78. The van der Waals surface area contributed by atoms with Crippen LogP contribution in [0.5, 0.6) is 0 Å². The van der Waals surface area contributed by atoms with Gasteiger partial charge in [0.2, 0.25) is 0 Å². The van der Waals surface area contributed by atoms with E-state index >= 15 is 0 Å². The van der Waals surface area contributed by atoms with Crippen LogP contribution in [0.1, 0.15) is 31.4 Å². The second kappa shape index (κ2) is 10.3. The highest BCUT2D eigenvalue weighted by Gasteiger charge is 2.21. The molecule has 0 aliphatic carbocycles. The fraction of sp³-hybridized carbons (Fsp3) is 0.280. The molecular weight excluding hydrogens is 396 g/mol. The third-order valence-corrected chi connectivity index (χ3v) is 5.38. The highest BCUT2D eigenvalue weighted by molar-refractivity contribution is 5.78. The molecule has 0 amide bonds. The number of benzene rings is 2. The number of anilines is 1. The first-order chi connectivity index (χ1) is 15.0. The Hall–Kier alpha value is -3.12. The SMILES string of the molecule is C=C(OCC)N1CCC(c2ccc(N/C(=C/C)c3c(F)cccc3F)cc2)=C(CN)C1. The third kappa shape index (κ3) is 5.14. The Bertz CT molecular complexity index is 976. The van der Waals surface area contributed by atoms with Gasteiger partial charge in [-0.1, -0.05) is 24.3 Å². The molecule has 164 valence electrons. The maximum absolute atomic E-state index is 14.2. The third-order valence-electron chi connectivity index (χ3n) is 5.38. The van der Waals surface area contributed by atoms with E-state index in [4.69, 9.17) is 10.5 Å². The van der Waals surface area contributed by atoms with Crippen LogP contribution in [0.25, 0.3) is 11.3 Å². The molecule has 0 aromatic heterocycles. The monoisotopic (exact) mass is 425 g/mol. The van der Waals surface area contributed by atoms with Gasteiger partial charge in [0.1, 0.15) is 11.6 Å². The summed E-state index contributed by atoms with van der Waals surface area (Å²) in [6, 6.07) is 11.7. The van der Waals surface area contributed by atoms with Crippen molar-refractivity contribution in [2.24, 2.45) is 5.73 Å². The van der Waals surface area contributed by atoms with E-state index in [1.54, 1.807) is 13.0 Å². The van der Waals surface area contributed by atoms with Crippen LogP contribution >= 0.6 is 0 Å². The summed E-state index contributed by atoms with van der Waals surface area (Å²) in [4.78, 5) is 2.10. The fourth-order valence-electron chi connectivity index (χ4n) is 3.78. The van der Waals surface area contributed by atoms with Crippen LogP contribution in [0.2, 0.25) is 0 Å². The molecule has 3 N–H and O–H groups in total. The summed E-state index contributed by atoms with van der Waals surface area (Å²) in [5, 5.41) is 3.12. The molecule has 0 fully saturated rings. The maximum Gasteiger partial charge on any atom is 0.182 e. The number of allylic oxidation sites excluding steroid dienone is 1. The largest absolute Gasteiger partial charge is 0.480 e. The molecule has 1 aliphatic rings. The van der Waals surface area contributed by atoms with Crippen molar-refractivity contribution in [2.75, 3.05) is 31.6 Å². The minimum Gasteiger partial charge on any atom is -0.480 e. The summed E-state index contributed by atoms with van der Waals surface area (Å²) < 4.78 is 33.8. The van der Waals surface area contributed by atoms with E-state index in [0.29, 0.717) is 31.3 Å². The molecule has 4 nitrogen and oxygen atoms in total. The van der Waals surface area contributed by atoms with Crippen LogP contribution in [0.4, 0.5) is 14.5 Å². The van der Waals surface area contributed by atoms with Gasteiger partial charge in [-0.2, -0.15) is 0 Å². The number of nitrogens with two attached hydrogens (primary N) is 1. The first kappa shape index (κ1) is 22.6. The lowest BCUT2D eigenvalue weighted by Gasteiger charge is -2.33. The molecule has 2 aromatic rings. The summed E-state index contributed by atoms with van der Waals surface area (Å²) >= 11 is 0. The van der Waals surface area contributed by atoms with Crippen LogP contribution in [0.15, 0.2) is 66.6 Å². The Labute approximate surface area is 182 Å². The number of nitrogens with zero attached hydrogens (tertiary/aromatic N) is 1. The zero-order valence-corrected chi connectivity index (χ0v) is 18.1. The molecule has 0 radical (unpaired) electrons. The van der Waals surface area contributed by atoms with Crippen LogP contribution in [0, 0.1) is 11.6 Å². The molecule has 0 spiro atoms. The lowest BCUT2D eigenvalue weighted by Crippen LogP contribution is -2.33. The van der Waals surface area contributed by atoms with Gasteiger partial charge in [-0.25, -0.2) is 8.78 Å². The zero-order chi connectivity index (χ0) is 22.4. The van der Waals surface area contributed by atoms with Crippen molar-refractivity contribution in [2.45, 2.75) is 20.3 Å². The Morgan fingerprint density at radius 2 is 1.87 bits per heavy atom. The highest BCUT2D eigenvalue weighted by atomic mass is 19.1.